The summed E-state index contributed by atoms with van der Waals surface area (Å²) < 4.78 is 14.9. The van der Waals surface area contributed by atoms with E-state index in [1.165, 1.54) is 28.1 Å². The fourth-order valence-electron chi connectivity index (χ4n) is 1.36. The van der Waals surface area contributed by atoms with Crippen LogP contribution in [0.3, 0.4) is 0 Å². The molecule has 17 heavy (non-hydrogen) atoms. The molecular weight excluding hydrogens is 228 g/mol. The quantitative estimate of drug-likeness (QED) is 0.439. The number of ether oxygens (including phenoxy) is 3. The van der Waals surface area contributed by atoms with Crippen molar-refractivity contribution >= 4 is 6.29 Å². The molecule has 0 bridgehead atoms. The minimum Gasteiger partial charge on any atom is -0.391 e. The van der Waals surface area contributed by atoms with Gasteiger partial charge >= 0.3 is 0 Å². The molecule has 0 aliphatic heterocycles. The van der Waals surface area contributed by atoms with E-state index < -0.39 is 24.1 Å². The number of methoxy groups -OCH3 is 2. The van der Waals surface area contributed by atoms with Gasteiger partial charge in [0.25, 0.3) is 0 Å². The SMILES string of the molecule is COC(OC)C(C=O)CC(O)COC(C)(C)O. The van der Waals surface area contributed by atoms with Crippen LogP contribution in [0.4, 0.5) is 0 Å². The van der Waals surface area contributed by atoms with Gasteiger partial charge in [0.1, 0.15) is 6.29 Å². The Bertz CT molecular complexity index is 208. The molecule has 0 saturated carbocycles. The van der Waals surface area contributed by atoms with E-state index in [1.807, 2.05) is 0 Å². The third-order valence-corrected chi connectivity index (χ3v) is 2.16. The second-order valence-electron chi connectivity index (χ2n) is 4.29. The highest BCUT2D eigenvalue weighted by atomic mass is 16.7. The van der Waals surface area contributed by atoms with E-state index in [0.717, 1.165) is 0 Å². The van der Waals surface area contributed by atoms with Crippen molar-refractivity contribution in [2.75, 3.05) is 20.8 Å². The molecule has 6 nitrogen and oxygen atoms in total. The van der Waals surface area contributed by atoms with Gasteiger partial charge in [-0.05, 0) is 20.3 Å². The smallest absolute Gasteiger partial charge is 0.166 e. The predicted molar refractivity (Wildman–Crippen MR) is 60.2 cm³/mol. The molecule has 0 aliphatic rings. The maximum atomic E-state index is 10.8. The molecule has 0 radical (unpaired) electrons. The molecular formula is C11H22O6. The number of carbonyl (C=O) groups excluding carboxylic acids is 1. The lowest BCUT2D eigenvalue weighted by molar-refractivity contribution is -0.195. The molecule has 6 heteroatoms. The summed E-state index contributed by atoms with van der Waals surface area (Å²) in [7, 11) is 2.84. The molecule has 0 aromatic rings. The normalized spacial score (nSPS) is 15.9. The number of hydrogen-bond donors (Lipinski definition) is 2. The lowest BCUT2D eigenvalue weighted by atomic mass is 10.0. The van der Waals surface area contributed by atoms with E-state index in [2.05, 4.69) is 0 Å². The Morgan fingerprint density at radius 1 is 1.29 bits per heavy atom. The predicted octanol–water partition coefficient (Wildman–Crippen LogP) is -0.0836. The number of aliphatic hydroxyl groups excluding tert-OH is 1. The molecule has 0 saturated heterocycles. The van der Waals surface area contributed by atoms with Crippen molar-refractivity contribution in [2.24, 2.45) is 5.92 Å². The average molecular weight is 250 g/mol. The van der Waals surface area contributed by atoms with E-state index in [1.54, 1.807) is 0 Å². The monoisotopic (exact) mass is 250 g/mol. The Balaban J connectivity index is 4.14. The van der Waals surface area contributed by atoms with Crippen molar-refractivity contribution in [3.05, 3.63) is 0 Å². The molecule has 2 unspecified atom stereocenters. The average Bonchev–Trinajstić information content (AvgIpc) is 2.25. The van der Waals surface area contributed by atoms with Crippen LogP contribution in [0, 0.1) is 5.92 Å². The van der Waals surface area contributed by atoms with Crippen LogP contribution in [0.1, 0.15) is 20.3 Å². The van der Waals surface area contributed by atoms with Crippen molar-refractivity contribution in [1.29, 1.82) is 0 Å². The maximum absolute atomic E-state index is 10.8. The first kappa shape index (κ1) is 16.5. The first-order valence-corrected chi connectivity index (χ1v) is 5.39. The summed E-state index contributed by atoms with van der Waals surface area (Å²) in [5, 5.41) is 19.0. The van der Waals surface area contributed by atoms with Gasteiger partial charge in [-0.25, -0.2) is 0 Å². The van der Waals surface area contributed by atoms with Crippen molar-refractivity contribution in [1.82, 2.24) is 0 Å². The van der Waals surface area contributed by atoms with Gasteiger partial charge in [0.2, 0.25) is 0 Å². The van der Waals surface area contributed by atoms with Crippen LogP contribution in [-0.4, -0.2) is 55.5 Å². The van der Waals surface area contributed by atoms with Gasteiger partial charge in [-0.3, -0.25) is 0 Å². The highest BCUT2D eigenvalue weighted by Crippen LogP contribution is 2.14. The van der Waals surface area contributed by atoms with Crippen LogP contribution >= 0.6 is 0 Å². The highest BCUT2D eigenvalue weighted by molar-refractivity contribution is 5.54. The third kappa shape index (κ3) is 7.40. The molecule has 0 fully saturated rings. The Labute approximate surface area is 101 Å². The summed E-state index contributed by atoms with van der Waals surface area (Å²) in [5.41, 5.74) is 0. The van der Waals surface area contributed by atoms with Crippen LogP contribution in [0.25, 0.3) is 0 Å². The van der Waals surface area contributed by atoms with E-state index >= 15 is 0 Å². The summed E-state index contributed by atoms with van der Waals surface area (Å²) in [6.07, 6.45) is -0.745. The third-order valence-electron chi connectivity index (χ3n) is 2.16. The van der Waals surface area contributed by atoms with Crippen LogP contribution in [0.15, 0.2) is 0 Å². The summed E-state index contributed by atoms with van der Waals surface area (Å²) in [6.45, 7) is 2.86. The topological polar surface area (TPSA) is 85.2 Å². The van der Waals surface area contributed by atoms with Crippen molar-refractivity contribution in [2.45, 2.75) is 38.4 Å². The fraction of sp³-hybridized carbons (Fsp3) is 0.909. The van der Waals surface area contributed by atoms with Crippen LogP contribution in [0.5, 0.6) is 0 Å². The molecule has 0 amide bonds. The zero-order valence-corrected chi connectivity index (χ0v) is 10.8. The Kier molecular flexibility index (Phi) is 7.49. The molecule has 102 valence electrons. The van der Waals surface area contributed by atoms with E-state index in [4.69, 9.17) is 14.2 Å². The lowest BCUT2D eigenvalue weighted by Crippen LogP contribution is -2.33. The standard InChI is InChI=1S/C11H22O6/c1-11(2,14)17-7-9(13)5-8(6-12)10(15-3)16-4/h6,8-10,13-14H,5,7H2,1-4H3. The second-order valence-corrected chi connectivity index (χ2v) is 4.29. The van der Waals surface area contributed by atoms with Gasteiger partial charge in [-0.2, -0.15) is 0 Å². The van der Waals surface area contributed by atoms with E-state index in [9.17, 15) is 15.0 Å². The van der Waals surface area contributed by atoms with Gasteiger partial charge in [0, 0.05) is 14.2 Å². The largest absolute Gasteiger partial charge is 0.391 e. The first-order valence-electron chi connectivity index (χ1n) is 5.39. The van der Waals surface area contributed by atoms with Crippen LogP contribution < -0.4 is 0 Å². The van der Waals surface area contributed by atoms with Gasteiger partial charge in [-0.1, -0.05) is 0 Å². The summed E-state index contributed by atoms with van der Waals surface area (Å²) in [6, 6.07) is 0. The zero-order valence-electron chi connectivity index (χ0n) is 10.8. The minimum absolute atomic E-state index is 0.0615. The Hall–Kier alpha value is -0.530. The van der Waals surface area contributed by atoms with Gasteiger partial charge < -0.3 is 29.2 Å². The van der Waals surface area contributed by atoms with Crippen molar-refractivity contribution < 1.29 is 29.2 Å². The summed E-state index contributed by atoms with van der Waals surface area (Å²) in [5.74, 6) is -1.88. The van der Waals surface area contributed by atoms with Crippen LogP contribution in [0.2, 0.25) is 0 Å². The molecule has 0 aliphatic carbocycles. The van der Waals surface area contributed by atoms with Crippen molar-refractivity contribution in [3.8, 4) is 0 Å². The Morgan fingerprint density at radius 3 is 2.18 bits per heavy atom. The van der Waals surface area contributed by atoms with Gasteiger partial charge in [-0.15, -0.1) is 0 Å². The maximum Gasteiger partial charge on any atom is 0.166 e. The molecule has 2 atom stereocenters. The molecule has 0 aromatic carbocycles. The minimum atomic E-state index is -1.31. The van der Waals surface area contributed by atoms with Crippen LogP contribution in [-0.2, 0) is 19.0 Å². The number of aliphatic hydroxyl groups is 2. The number of aldehydes is 1. The van der Waals surface area contributed by atoms with Crippen molar-refractivity contribution in [3.63, 3.8) is 0 Å². The Morgan fingerprint density at radius 2 is 1.82 bits per heavy atom. The molecule has 0 rings (SSSR count). The second kappa shape index (κ2) is 7.73. The van der Waals surface area contributed by atoms with Gasteiger partial charge in [0.05, 0.1) is 18.6 Å². The number of rotatable bonds is 9. The number of carbonyl (C=O) groups is 1. The molecule has 0 heterocycles. The lowest BCUT2D eigenvalue weighted by Gasteiger charge is -2.24. The zero-order chi connectivity index (χ0) is 13.5. The highest BCUT2D eigenvalue weighted by Gasteiger charge is 2.25. The summed E-state index contributed by atoms with van der Waals surface area (Å²) in [4.78, 5) is 10.8. The molecule has 0 aromatic heterocycles. The molecule has 2 N–H and O–H groups in total. The van der Waals surface area contributed by atoms with Gasteiger partial charge in [0.15, 0.2) is 12.1 Å². The number of hydrogen-bond acceptors (Lipinski definition) is 6. The summed E-state index contributed by atoms with van der Waals surface area (Å²) >= 11 is 0. The van der Waals surface area contributed by atoms with E-state index in [0.29, 0.717) is 6.29 Å². The molecule has 0 spiro atoms. The fourth-order valence-corrected chi connectivity index (χ4v) is 1.36. The first-order chi connectivity index (χ1) is 7.84. The van der Waals surface area contributed by atoms with E-state index in [-0.39, 0.29) is 13.0 Å².